The van der Waals surface area contributed by atoms with Crippen LogP contribution in [-0.4, -0.2) is 29.7 Å². The van der Waals surface area contributed by atoms with E-state index in [0.29, 0.717) is 23.5 Å². The Labute approximate surface area is 151 Å². The summed E-state index contributed by atoms with van der Waals surface area (Å²) >= 11 is 1.47. The number of hydrogen-bond acceptors (Lipinski definition) is 6. The summed E-state index contributed by atoms with van der Waals surface area (Å²) in [7, 11) is 1.62. The molecule has 0 bridgehead atoms. The van der Waals surface area contributed by atoms with Crippen molar-refractivity contribution in [3.05, 3.63) is 53.6 Å². The second-order valence-electron chi connectivity index (χ2n) is 5.59. The molecule has 3 aromatic rings. The van der Waals surface area contributed by atoms with Gasteiger partial charge in [0.15, 0.2) is 0 Å². The third kappa shape index (κ3) is 4.54. The number of hydrogen-bond donors (Lipinski definition) is 0. The van der Waals surface area contributed by atoms with Crippen molar-refractivity contribution in [3.63, 3.8) is 0 Å². The molecular formula is C19H20N2O3S. The van der Waals surface area contributed by atoms with E-state index in [-0.39, 0.29) is 0 Å². The Hall–Kier alpha value is -2.47. The molecule has 0 aliphatic carbocycles. The smallest absolute Gasteiger partial charge is 0.276 e. The van der Waals surface area contributed by atoms with Crippen LogP contribution in [0.15, 0.2) is 52.1 Å². The van der Waals surface area contributed by atoms with Crippen LogP contribution in [0.2, 0.25) is 0 Å². The number of thioether (sulfide) groups is 1. The molecule has 0 unspecified atom stereocenters. The molecule has 0 amide bonds. The van der Waals surface area contributed by atoms with E-state index in [1.54, 1.807) is 7.11 Å². The lowest BCUT2D eigenvalue weighted by atomic mass is 10.1. The fourth-order valence-corrected chi connectivity index (χ4v) is 3.08. The minimum atomic E-state index is 0.454. The number of aromatic nitrogens is 2. The van der Waals surface area contributed by atoms with Gasteiger partial charge in [-0.05, 0) is 49.2 Å². The van der Waals surface area contributed by atoms with Crippen LogP contribution in [0.1, 0.15) is 11.1 Å². The average molecular weight is 356 g/mol. The Morgan fingerprint density at radius 1 is 1.04 bits per heavy atom. The number of aryl methyl sites for hydroxylation is 2. The van der Waals surface area contributed by atoms with Gasteiger partial charge in [0, 0.05) is 5.75 Å². The maximum absolute atomic E-state index is 5.79. The van der Waals surface area contributed by atoms with Crippen LogP contribution in [0.3, 0.4) is 0 Å². The topological polar surface area (TPSA) is 57.4 Å². The quantitative estimate of drug-likeness (QED) is 0.458. The molecule has 0 aliphatic rings. The zero-order chi connectivity index (χ0) is 17.6. The molecule has 0 saturated carbocycles. The molecule has 25 heavy (non-hydrogen) atoms. The van der Waals surface area contributed by atoms with Crippen molar-refractivity contribution in [1.29, 1.82) is 0 Å². The highest BCUT2D eigenvalue weighted by molar-refractivity contribution is 7.99. The molecule has 0 atom stereocenters. The first kappa shape index (κ1) is 17.4. The summed E-state index contributed by atoms with van der Waals surface area (Å²) in [4.78, 5) is 0. The fourth-order valence-electron chi connectivity index (χ4n) is 2.50. The molecule has 3 rings (SSSR count). The van der Waals surface area contributed by atoms with Gasteiger partial charge in [-0.15, -0.1) is 10.2 Å². The first-order chi connectivity index (χ1) is 12.2. The van der Waals surface area contributed by atoms with Crippen LogP contribution in [0.25, 0.3) is 11.5 Å². The highest BCUT2D eigenvalue weighted by atomic mass is 32.2. The maximum atomic E-state index is 5.79. The lowest BCUT2D eigenvalue weighted by molar-refractivity contribution is 0.342. The van der Waals surface area contributed by atoms with E-state index in [9.17, 15) is 0 Å². The van der Waals surface area contributed by atoms with Gasteiger partial charge in [0.05, 0.1) is 19.3 Å². The lowest BCUT2D eigenvalue weighted by Gasteiger charge is -2.07. The van der Waals surface area contributed by atoms with Gasteiger partial charge in [0.25, 0.3) is 11.1 Å². The van der Waals surface area contributed by atoms with Crippen molar-refractivity contribution < 1.29 is 13.9 Å². The normalized spacial score (nSPS) is 10.7. The third-order valence-electron chi connectivity index (χ3n) is 3.52. The lowest BCUT2D eigenvalue weighted by Crippen LogP contribution is -2.00. The van der Waals surface area contributed by atoms with Crippen molar-refractivity contribution in [2.45, 2.75) is 19.1 Å². The highest BCUT2D eigenvalue weighted by Gasteiger charge is 2.13. The van der Waals surface area contributed by atoms with Crippen LogP contribution in [0.4, 0.5) is 0 Å². The van der Waals surface area contributed by atoms with E-state index in [2.05, 4.69) is 30.1 Å². The van der Waals surface area contributed by atoms with E-state index in [1.165, 1.54) is 22.9 Å². The molecule has 130 valence electrons. The summed E-state index contributed by atoms with van der Waals surface area (Å²) in [5.41, 5.74) is 3.18. The standard InChI is InChI=1S/C19H20N2O3S/c1-13-10-14(2)12-15(11-13)23-8-9-25-19-21-20-18(24-19)16-6-4-5-7-17(16)22-3/h4-7,10-12H,8-9H2,1-3H3. The number of rotatable bonds is 7. The maximum Gasteiger partial charge on any atom is 0.276 e. The van der Waals surface area contributed by atoms with E-state index in [1.807, 2.05) is 36.4 Å². The Morgan fingerprint density at radius 3 is 2.56 bits per heavy atom. The summed E-state index contributed by atoms with van der Waals surface area (Å²) in [6, 6.07) is 13.8. The largest absolute Gasteiger partial charge is 0.496 e. The van der Waals surface area contributed by atoms with Gasteiger partial charge in [-0.1, -0.05) is 30.0 Å². The SMILES string of the molecule is COc1ccccc1-c1nnc(SCCOc2cc(C)cc(C)c2)o1. The van der Waals surface area contributed by atoms with Gasteiger partial charge in [-0.25, -0.2) is 0 Å². The molecule has 5 nitrogen and oxygen atoms in total. The number of methoxy groups -OCH3 is 1. The number of para-hydroxylation sites is 1. The summed E-state index contributed by atoms with van der Waals surface area (Å²) in [5.74, 6) is 2.77. The van der Waals surface area contributed by atoms with Crippen LogP contribution in [0, 0.1) is 13.8 Å². The molecule has 0 saturated heterocycles. The van der Waals surface area contributed by atoms with Crippen molar-refractivity contribution in [3.8, 4) is 23.0 Å². The van der Waals surface area contributed by atoms with Gasteiger partial charge in [-0.2, -0.15) is 0 Å². The predicted octanol–water partition coefficient (Wildman–Crippen LogP) is 4.53. The summed E-state index contributed by atoms with van der Waals surface area (Å²) < 4.78 is 16.8. The predicted molar refractivity (Wildman–Crippen MR) is 98.4 cm³/mol. The molecule has 0 spiro atoms. The molecule has 6 heteroatoms. The Kier molecular flexibility index (Phi) is 5.60. The minimum Gasteiger partial charge on any atom is -0.496 e. The molecular weight excluding hydrogens is 336 g/mol. The Balaban J connectivity index is 1.55. The summed E-state index contributed by atoms with van der Waals surface area (Å²) in [6.45, 7) is 4.69. The third-order valence-corrected chi connectivity index (χ3v) is 4.30. The van der Waals surface area contributed by atoms with E-state index < -0.39 is 0 Å². The Bertz CT molecular complexity index is 828. The van der Waals surface area contributed by atoms with Gasteiger partial charge >= 0.3 is 0 Å². The van der Waals surface area contributed by atoms with Gasteiger partial charge in [-0.3, -0.25) is 0 Å². The van der Waals surface area contributed by atoms with Crippen LogP contribution in [0.5, 0.6) is 11.5 Å². The second kappa shape index (κ2) is 8.07. The van der Waals surface area contributed by atoms with E-state index in [4.69, 9.17) is 13.9 Å². The molecule has 2 aromatic carbocycles. The zero-order valence-corrected chi connectivity index (χ0v) is 15.3. The number of nitrogens with zero attached hydrogens (tertiary/aromatic N) is 2. The second-order valence-corrected chi connectivity index (χ2v) is 6.64. The van der Waals surface area contributed by atoms with Crippen LogP contribution >= 0.6 is 11.8 Å². The van der Waals surface area contributed by atoms with Crippen molar-refractivity contribution in [2.24, 2.45) is 0 Å². The van der Waals surface area contributed by atoms with Crippen molar-refractivity contribution in [2.75, 3.05) is 19.5 Å². The van der Waals surface area contributed by atoms with Gasteiger partial charge in [0.1, 0.15) is 11.5 Å². The molecule has 0 N–H and O–H groups in total. The zero-order valence-electron chi connectivity index (χ0n) is 14.5. The monoisotopic (exact) mass is 356 g/mol. The van der Waals surface area contributed by atoms with Crippen molar-refractivity contribution >= 4 is 11.8 Å². The minimum absolute atomic E-state index is 0.454. The van der Waals surface area contributed by atoms with Crippen LogP contribution < -0.4 is 9.47 Å². The summed E-state index contributed by atoms with van der Waals surface area (Å²) in [6.07, 6.45) is 0. The molecule has 1 heterocycles. The van der Waals surface area contributed by atoms with Gasteiger partial charge in [0.2, 0.25) is 0 Å². The number of ether oxygens (including phenoxy) is 2. The Morgan fingerprint density at radius 2 is 1.80 bits per heavy atom. The summed E-state index contributed by atoms with van der Waals surface area (Å²) in [5, 5.41) is 8.69. The van der Waals surface area contributed by atoms with E-state index >= 15 is 0 Å². The first-order valence-corrected chi connectivity index (χ1v) is 8.95. The van der Waals surface area contributed by atoms with E-state index in [0.717, 1.165) is 17.1 Å². The molecule has 0 aliphatic heterocycles. The number of benzene rings is 2. The molecule has 1 aromatic heterocycles. The average Bonchev–Trinajstić information content (AvgIpc) is 3.06. The molecule has 0 fully saturated rings. The molecule has 0 radical (unpaired) electrons. The first-order valence-electron chi connectivity index (χ1n) is 7.96. The fraction of sp³-hybridized carbons (Fsp3) is 0.263. The van der Waals surface area contributed by atoms with Crippen molar-refractivity contribution in [1.82, 2.24) is 10.2 Å². The highest BCUT2D eigenvalue weighted by Crippen LogP contribution is 2.30. The van der Waals surface area contributed by atoms with Gasteiger partial charge < -0.3 is 13.9 Å². The van der Waals surface area contributed by atoms with Crippen LogP contribution in [-0.2, 0) is 0 Å².